The monoisotopic (exact) mass is 562 g/mol. The predicted octanol–water partition coefficient (Wildman–Crippen LogP) is 6.07. The van der Waals surface area contributed by atoms with Gasteiger partial charge in [-0.05, 0) is 65.4 Å². The van der Waals surface area contributed by atoms with Gasteiger partial charge in [-0.1, -0.05) is 31.5 Å². The molecule has 0 spiro atoms. The van der Waals surface area contributed by atoms with E-state index in [9.17, 15) is 9.59 Å². The van der Waals surface area contributed by atoms with Gasteiger partial charge in [0.1, 0.15) is 0 Å². The minimum atomic E-state index is -0.140. The highest BCUT2D eigenvalue weighted by molar-refractivity contribution is 7.20. The number of rotatable bonds is 11. The number of hydrogen-bond acceptors (Lipinski definition) is 6. The smallest absolute Gasteiger partial charge is 0.261 e. The van der Waals surface area contributed by atoms with Crippen molar-refractivity contribution in [3.63, 3.8) is 0 Å². The van der Waals surface area contributed by atoms with E-state index in [1.54, 1.807) is 42.0 Å². The number of unbranched alkanes of at least 4 members (excludes halogenated alkanes) is 1. The third kappa shape index (κ3) is 6.86. The molecular formula is C32H30N6O2S. The van der Waals surface area contributed by atoms with Crippen molar-refractivity contribution in [2.24, 2.45) is 0 Å². The van der Waals surface area contributed by atoms with Gasteiger partial charge < -0.3 is 14.8 Å². The first-order valence-corrected chi connectivity index (χ1v) is 14.3. The zero-order chi connectivity index (χ0) is 28.6. The van der Waals surface area contributed by atoms with Crippen LogP contribution in [0.5, 0.6) is 0 Å². The van der Waals surface area contributed by atoms with Crippen LogP contribution in [0.25, 0.3) is 10.1 Å². The topological polar surface area (TPSA) is 104 Å². The number of pyridine rings is 1. The van der Waals surface area contributed by atoms with E-state index in [4.69, 9.17) is 5.26 Å². The van der Waals surface area contributed by atoms with Gasteiger partial charge in [-0.3, -0.25) is 14.6 Å². The molecule has 0 atom stereocenters. The number of anilines is 1. The average molecular weight is 563 g/mol. The number of nitrogens with one attached hydrogen (secondary N) is 1. The molecule has 0 aliphatic carbocycles. The molecule has 1 N–H and O–H groups in total. The molecule has 0 aliphatic rings. The van der Waals surface area contributed by atoms with Gasteiger partial charge in [-0.25, -0.2) is 4.98 Å². The Labute approximate surface area is 242 Å². The number of imidazole rings is 1. The Balaban J connectivity index is 1.37. The molecule has 0 saturated heterocycles. The highest BCUT2D eigenvalue weighted by Gasteiger charge is 2.19. The van der Waals surface area contributed by atoms with Gasteiger partial charge in [0.15, 0.2) is 0 Å². The minimum absolute atomic E-state index is 0.0435. The van der Waals surface area contributed by atoms with Crippen LogP contribution in [0.1, 0.15) is 58.2 Å². The van der Waals surface area contributed by atoms with Crippen LogP contribution in [0.4, 0.5) is 5.69 Å². The van der Waals surface area contributed by atoms with E-state index in [1.165, 1.54) is 11.3 Å². The third-order valence-corrected chi connectivity index (χ3v) is 7.93. The molecule has 3 aromatic heterocycles. The average Bonchev–Trinajstić information content (AvgIpc) is 3.64. The van der Waals surface area contributed by atoms with Gasteiger partial charge in [0.05, 0.1) is 35.1 Å². The first-order valence-electron chi connectivity index (χ1n) is 13.5. The second-order valence-electron chi connectivity index (χ2n) is 9.78. The van der Waals surface area contributed by atoms with Gasteiger partial charge in [0, 0.05) is 48.5 Å². The number of nitriles is 1. The summed E-state index contributed by atoms with van der Waals surface area (Å²) in [6.45, 7) is 3.43. The van der Waals surface area contributed by atoms with E-state index in [2.05, 4.69) is 28.3 Å². The summed E-state index contributed by atoms with van der Waals surface area (Å²) in [4.78, 5) is 37.2. The van der Waals surface area contributed by atoms with E-state index < -0.39 is 0 Å². The fourth-order valence-corrected chi connectivity index (χ4v) is 5.49. The molecule has 206 valence electrons. The molecule has 0 fully saturated rings. The van der Waals surface area contributed by atoms with Crippen molar-refractivity contribution in [2.75, 3.05) is 4.90 Å². The molecule has 0 radical (unpaired) electrons. The molecule has 0 aliphatic heterocycles. The zero-order valence-electron chi connectivity index (χ0n) is 22.8. The first kappa shape index (κ1) is 27.7. The van der Waals surface area contributed by atoms with Crippen molar-refractivity contribution in [3.05, 3.63) is 113 Å². The lowest BCUT2D eigenvalue weighted by molar-refractivity contribution is -0.118. The Morgan fingerprint density at radius 3 is 2.66 bits per heavy atom. The van der Waals surface area contributed by atoms with Crippen molar-refractivity contribution in [2.45, 2.75) is 45.8 Å². The van der Waals surface area contributed by atoms with Crippen LogP contribution < -0.4 is 10.2 Å². The number of amides is 2. The summed E-state index contributed by atoms with van der Waals surface area (Å²) in [5.74, 6) is -0.0961. The summed E-state index contributed by atoms with van der Waals surface area (Å²) < 4.78 is 3.00. The molecular weight excluding hydrogens is 532 g/mol. The molecule has 0 unspecified atom stereocenters. The van der Waals surface area contributed by atoms with Crippen LogP contribution in [0.3, 0.4) is 0 Å². The third-order valence-electron chi connectivity index (χ3n) is 6.81. The summed E-state index contributed by atoms with van der Waals surface area (Å²) >= 11 is 1.43. The Bertz CT molecular complexity index is 1690. The van der Waals surface area contributed by atoms with Gasteiger partial charge in [-0.2, -0.15) is 5.26 Å². The molecule has 2 amide bonds. The maximum Gasteiger partial charge on any atom is 0.261 e. The lowest BCUT2D eigenvalue weighted by atomic mass is 10.1. The summed E-state index contributed by atoms with van der Waals surface area (Å²) in [5.41, 5.74) is 4.28. The van der Waals surface area contributed by atoms with Gasteiger partial charge >= 0.3 is 0 Å². The highest BCUT2D eigenvalue weighted by Crippen LogP contribution is 2.31. The van der Waals surface area contributed by atoms with E-state index in [-0.39, 0.29) is 11.8 Å². The molecule has 2 aromatic carbocycles. The Morgan fingerprint density at radius 2 is 1.90 bits per heavy atom. The Kier molecular flexibility index (Phi) is 8.82. The molecule has 3 heterocycles. The summed E-state index contributed by atoms with van der Waals surface area (Å²) in [5, 5.41) is 13.0. The van der Waals surface area contributed by atoms with Crippen LogP contribution in [0.15, 0.2) is 85.6 Å². The standard InChI is InChI=1S/C32H30N6O2S/c1-2-3-6-31(39)38(21-28-19-35-22-37(28)20-24-9-7-23(16-33)8-10-24)27-11-12-29-26(14-27)15-30(41-29)32(40)36-18-25-5-4-13-34-17-25/h4-5,7-15,17,19,22H,2-3,6,18,20-21H2,1H3,(H,36,40). The summed E-state index contributed by atoms with van der Waals surface area (Å²) in [6, 6.07) is 21.2. The van der Waals surface area contributed by atoms with Gasteiger partial charge in [0.2, 0.25) is 5.91 Å². The van der Waals surface area contributed by atoms with Crippen LogP contribution in [0.2, 0.25) is 0 Å². The normalized spacial score (nSPS) is 10.8. The fraction of sp³-hybridized carbons (Fsp3) is 0.219. The lowest BCUT2D eigenvalue weighted by Gasteiger charge is -2.24. The fourth-order valence-electron chi connectivity index (χ4n) is 4.53. The number of aromatic nitrogens is 3. The Hall–Kier alpha value is -4.81. The van der Waals surface area contributed by atoms with Crippen molar-refractivity contribution in [3.8, 4) is 6.07 Å². The number of hydrogen-bond donors (Lipinski definition) is 1. The summed E-state index contributed by atoms with van der Waals surface area (Å²) in [7, 11) is 0. The SMILES string of the molecule is CCCCC(=O)N(Cc1cncn1Cc1ccc(C#N)cc1)c1ccc2sc(C(=O)NCc3cccnc3)cc2c1. The minimum Gasteiger partial charge on any atom is -0.347 e. The second-order valence-corrected chi connectivity index (χ2v) is 10.9. The highest BCUT2D eigenvalue weighted by atomic mass is 32.1. The molecule has 9 heteroatoms. The van der Waals surface area contributed by atoms with Gasteiger partial charge in [0.25, 0.3) is 5.91 Å². The quantitative estimate of drug-likeness (QED) is 0.211. The van der Waals surface area contributed by atoms with Gasteiger partial charge in [-0.15, -0.1) is 11.3 Å². The van der Waals surface area contributed by atoms with E-state index in [1.807, 2.05) is 53.1 Å². The molecule has 8 nitrogen and oxygen atoms in total. The number of nitrogens with zero attached hydrogens (tertiary/aromatic N) is 5. The number of carbonyl (C=O) groups excluding carboxylic acids is 2. The van der Waals surface area contributed by atoms with Crippen LogP contribution >= 0.6 is 11.3 Å². The largest absolute Gasteiger partial charge is 0.347 e. The number of carbonyl (C=O) groups is 2. The van der Waals surface area contributed by atoms with E-state index >= 15 is 0 Å². The number of benzene rings is 2. The predicted molar refractivity (Wildman–Crippen MR) is 160 cm³/mol. The number of fused-ring (bicyclic) bond motifs is 1. The van der Waals surface area contributed by atoms with Crippen LogP contribution in [-0.4, -0.2) is 26.3 Å². The van der Waals surface area contributed by atoms with E-state index in [0.717, 1.165) is 45.4 Å². The molecule has 41 heavy (non-hydrogen) atoms. The first-order chi connectivity index (χ1) is 20.0. The maximum atomic E-state index is 13.4. The number of thiophene rings is 1. The van der Waals surface area contributed by atoms with Crippen molar-refractivity contribution >= 4 is 38.9 Å². The Morgan fingerprint density at radius 1 is 1.05 bits per heavy atom. The molecule has 0 bridgehead atoms. The maximum absolute atomic E-state index is 13.4. The van der Waals surface area contributed by atoms with Crippen molar-refractivity contribution < 1.29 is 9.59 Å². The van der Waals surface area contributed by atoms with Crippen LogP contribution in [0, 0.1) is 11.3 Å². The van der Waals surface area contributed by atoms with E-state index in [0.29, 0.717) is 36.5 Å². The van der Waals surface area contributed by atoms with Crippen molar-refractivity contribution in [1.82, 2.24) is 19.9 Å². The summed E-state index contributed by atoms with van der Waals surface area (Å²) in [6.07, 6.45) is 9.17. The van der Waals surface area contributed by atoms with Crippen molar-refractivity contribution in [1.29, 1.82) is 5.26 Å². The van der Waals surface area contributed by atoms with Crippen LogP contribution in [-0.2, 0) is 24.4 Å². The molecule has 5 aromatic rings. The molecule has 0 saturated carbocycles. The second kappa shape index (κ2) is 13.0. The zero-order valence-corrected chi connectivity index (χ0v) is 23.6. The molecule has 5 rings (SSSR count). The lowest BCUT2D eigenvalue weighted by Crippen LogP contribution is -2.31.